The van der Waals surface area contributed by atoms with Gasteiger partial charge in [-0.15, -0.1) is 0 Å². The fraction of sp³-hybridized carbons (Fsp3) is 0.286. The van der Waals surface area contributed by atoms with E-state index in [2.05, 4.69) is 4.98 Å². The molecule has 6 heteroatoms. The Morgan fingerprint density at radius 3 is 1.69 bits per heavy atom. The second-order valence-corrected chi connectivity index (χ2v) is 2.47. The Hall–Kier alpha value is -1.21. The number of nitrogens with one attached hydrogen (secondary N) is 1. The molecule has 0 aliphatic rings. The summed E-state index contributed by atoms with van der Waals surface area (Å²) in [6, 6.07) is 1.91. The SMILES string of the molecule is O=c1cc(C(O)O)[nH]c(C(O)O)c1. The molecule has 0 radical (unpaired) electrons. The molecule has 1 aromatic heterocycles. The molecular formula is C7H9NO5. The van der Waals surface area contributed by atoms with Gasteiger partial charge in [-0.2, -0.15) is 0 Å². The summed E-state index contributed by atoms with van der Waals surface area (Å²) in [5, 5.41) is 34.7. The lowest BCUT2D eigenvalue weighted by Gasteiger charge is -2.08. The Labute approximate surface area is 72.7 Å². The topological polar surface area (TPSA) is 114 Å². The van der Waals surface area contributed by atoms with Crippen LogP contribution in [0.25, 0.3) is 0 Å². The molecule has 13 heavy (non-hydrogen) atoms. The molecule has 0 fully saturated rings. The minimum Gasteiger partial charge on any atom is -0.363 e. The van der Waals surface area contributed by atoms with Crippen molar-refractivity contribution in [3.8, 4) is 0 Å². The highest BCUT2D eigenvalue weighted by atomic mass is 16.5. The Morgan fingerprint density at radius 1 is 1.00 bits per heavy atom. The van der Waals surface area contributed by atoms with Gasteiger partial charge < -0.3 is 25.4 Å². The van der Waals surface area contributed by atoms with Crippen LogP contribution in [0.3, 0.4) is 0 Å². The van der Waals surface area contributed by atoms with Gasteiger partial charge in [0, 0.05) is 12.1 Å². The average molecular weight is 187 g/mol. The second-order valence-electron chi connectivity index (χ2n) is 2.47. The molecule has 0 aliphatic heterocycles. The van der Waals surface area contributed by atoms with Crippen LogP contribution in [0.15, 0.2) is 16.9 Å². The van der Waals surface area contributed by atoms with E-state index >= 15 is 0 Å². The van der Waals surface area contributed by atoms with E-state index in [9.17, 15) is 4.79 Å². The number of aromatic nitrogens is 1. The summed E-state index contributed by atoms with van der Waals surface area (Å²) in [7, 11) is 0. The number of aromatic amines is 1. The van der Waals surface area contributed by atoms with Crippen LogP contribution >= 0.6 is 0 Å². The quantitative estimate of drug-likeness (QED) is 0.356. The number of aliphatic hydroxyl groups excluding tert-OH is 2. The molecule has 0 saturated carbocycles. The van der Waals surface area contributed by atoms with Crippen molar-refractivity contribution in [1.29, 1.82) is 0 Å². The number of hydrogen-bond acceptors (Lipinski definition) is 5. The maximum absolute atomic E-state index is 10.9. The van der Waals surface area contributed by atoms with Gasteiger partial charge >= 0.3 is 0 Å². The van der Waals surface area contributed by atoms with Gasteiger partial charge in [0.25, 0.3) is 0 Å². The molecule has 0 saturated heterocycles. The fourth-order valence-electron chi connectivity index (χ4n) is 0.865. The lowest BCUT2D eigenvalue weighted by atomic mass is 10.3. The van der Waals surface area contributed by atoms with Gasteiger partial charge in [-0.25, -0.2) is 0 Å². The van der Waals surface area contributed by atoms with Gasteiger partial charge in [0.2, 0.25) is 0 Å². The summed E-state index contributed by atoms with van der Waals surface area (Å²) in [4.78, 5) is 13.1. The maximum Gasteiger partial charge on any atom is 0.194 e. The smallest absolute Gasteiger partial charge is 0.194 e. The lowest BCUT2D eigenvalue weighted by molar-refractivity contribution is -0.0542. The van der Waals surface area contributed by atoms with Gasteiger partial charge in [-0.05, 0) is 0 Å². The zero-order valence-electron chi connectivity index (χ0n) is 6.51. The Bertz CT molecular complexity index is 314. The predicted octanol–water partition coefficient (Wildman–Crippen LogP) is -1.66. The summed E-state index contributed by atoms with van der Waals surface area (Å²) in [5.41, 5.74) is -0.906. The molecule has 0 aliphatic carbocycles. The van der Waals surface area contributed by atoms with Crippen molar-refractivity contribution in [3.05, 3.63) is 33.7 Å². The third-order valence-electron chi connectivity index (χ3n) is 1.44. The molecule has 0 atom stereocenters. The Kier molecular flexibility index (Phi) is 2.79. The first-order valence-electron chi connectivity index (χ1n) is 3.47. The van der Waals surface area contributed by atoms with Crippen LogP contribution in [0.2, 0.25) is 0 Å². The zero-order valence-corrected chi connectivity index (χ0v) is 6.51. The van der Waals surface area contributed by atoms with E-state index < -0.39 is 18.0 Å². The highest BCUT2D eigenvalue weighted by Gasteiger charge is 2.09. The van der Waals surface area contributed by atoms with E-state index in [1.807, 2.05) is 0 Å². The lowest BCUT2D eigenvalue weighted by Crippen LogP contribution is -2.12. The largest absolute Gasteiger partial charge is 0.363 e. The molecule has 1 heterocycles. The number of pyridine rings is 1. The van der Waals surface area contributed by atoms with Gasteiger partial charge in [-0.1, -0.05) is 0 Å². The van der Waals surface area contributed by atoms with Gasteiger partial charge in [0.1, 0.15) is 0 Å². The molecule has 6 nitrogen and oxygen atoms in total. The summed E-state index contributed by atoms with van der Waals surface area (Å²) < 4.78 is 0. The number of H-pyrrole nitrogens is 1. The van der Waals surface area contributed by atoms with E-state index in [1.165, 1.54) is 0 Å². The van der Waals surface area contributed by atoms with Crippen molar-refractivity contribution in [2.24, 2.45) is 0 Å². The first kappa shape index (κ1) is 9.87. The molecule has 72 valence electrons. The van der Waals surface area contributed by atoms with Crippen LogP contribution in [0.4, 0.5) is 0 Å². The predicted molar refractivity (Wildman–Crippen MR) is 41.4 cm³/mol. The number of aliphatic hydroxyl groups is 4. The van der Waals surface area contributed by atoms with Crippen LogP contribution in [0.5, 0.6) is 0 Å². The molecule has 0 unspecified atom stereocenters. The van der Waals surface area contributed by atoms with E-state index in [0.29, 0.717) is 0 Å². The van der Waals surface area contributed by atoms with Crippen molar-refractivity contribution < 1.29 is 20.4 Å². The molecule has 1 rings (SSSR count). The summed E-state index contributed by atoms with van der Waals surface area (Å²) >= 11 is 0. The highest BCUT2D eigenvalue weighted by Crippen LogP contribution is 2.08. The fourth-order valence-corrected chi connectivity index (χ4v) is 0.865. The van der Waals surface area contributed by atoms with E-state index in [-0.39, 0.29) is 11.4 Å². The molecular weight excluding hydrogens is 178 g/mol. The second kappa shape index (κ2) is 3.67. The normalized spacial score (nSPS) is 11.2. The summed E-state index contributed by atoms with van der Waals surface area (Å²) in [5.74, 6) is 0. The molecule has 0 aromatic carbocycles. The minimum atomic E-state index is -1.84. The molecule has 1 aromatic rings. The maximum atomic E-state index is 10.9. The molecule has 0 amide bonds. The molecule has 0 spiro atoms. The van der Waals surface area contributed by atoms with Gasteiger partial charge in [0.15, 0.2) is 18.0 Å². The van der Waals surface area contributed by atoms with E-state index in [1.54, 1.807) is 0 Å². The standard InChI is InChI=1S/C7H9NO5/c9-3-1-4(6(10)11)8-5(2-3)7(12)13/h1-2,6-7,10-13H,(H,8,9). The third kappa shape index (κ3) is 2.36. The molecule has 0 bridgehead atoms. The van der Waals surface area contributed by atoms with Crippen LogP contribution in [-0.4, -0.2) is 25.4 Å². The average Bonchev–Trinajstić information content (AvgIpc) is 2.03. The van der Waals surface area contributed by atoms with Crippen molar-refractivity contribution in [1.82, 2.24) is 4.98 Å². The van der Waals surface area contributed by atoms with Crippen molar-refractivity contribution in [3.63, 3.8) is 0 Å². The first-order valence-corrected chi connectivity index (χ1v) is 3.47. The zero-order chi connectivity index (χ0) is 10.0. The Morgan fingerprint density at radius 2 is 1.38 bits per heavy atom. The van der Waals surface area contributed by atoms with Crippen molar-refractivity contribution in [2.45, 2.75) is 12.6 Å². The summed E-state index contributed by atoms with van der Waals surface area (Å²) in [6.45, 7) is 0. The molecule has 5 N–H and O–H groups in total. The van der Waals surface area contributed by atoms with Crippen LogP contribution in [-0.2, 0) is 0 Å². The number of hydrogen-bond donors (Lipinski definition) is 5. The van der Waals surface area contributed by atoms with Gasteiger partial charge in [-0.3, -0.25) is 4.79 Å². The van der Waals surface area contributed by atoms with Crippen LogP contribution < -0.4 is 5.43 Å². The van der Waals surface area contributed by atoms with Crippen LogP contribution in [0.1, 0.15) is 24.0 Å². The van der Waals surface area contributed by atoms with Crippen molar-refractivity contribution in [2.75, 3.05) is 0 Å². The first-order chi connectivity index (χ1) is 6.00. The third-order valence-corrected chi connectivity index (χ3v) is 1.44. The minimum absolute atomic E-state index is 0.185. The number of rotatable bonds is 2. The monoisotopic (exact) mass is 187 g/mol. The Balaban J connectivity index is 3.19. The summed E-state index contributed by atoms with van der Waals surface area (Å²) in [6.07, 6.45) is -3.68. The van der Waals surface area contributed by atoms with Crippen molar-refractivity contribution >= 4 is 0 Å². The van der Waals surface area contributed by atoms with Gasteiger partial charge in [0.05, 0.1) is 11.4 Å². The van der Waals surface area contributed by atoms with E-state index in [0.717, 1.165) is 12.1 Å². The van der Waals surface area contributed by atoms with Crippen LogP contribution in [0, 0.1) is 0 Å². The van der Waals surface area contributed by atoms with E-state index in [4.69, 9.17) is 20.4 Å². The highest BCUT2D eigenvalue weighted by molar-refractivity contribution is 5.12.